The number of benzene rings is 1. The van der Waals surface area contributed by atoms with E-state index < -0.39 is 0 Å². The first-order chi connectivity index (χ1) is 11.5. The lowest BCUT2D eigenvalue weighted by Gasteiger charge is -2.32. The SMILES string of the molecule is COC(=O)CCCNC(=O)CC1c2ccccc2C=CN1C(C)=O. The predicted octanol–water partition coefficient (Wildman–Crippen LogP) is 2.02. The van der Waals surface area contributed by atoms with E-state index in [-0.39, 0.29) is 36.7 Å². The lowest BCUT2D eigenvalue weighted by Crippen LogP contribution is -2.35. The molecule has 0 aromatic heterocycles. The van der Waals surface area contributed by atoms with E-state index in [9.17, 15) is 14.4 Å². The summed E-state index contributed by atoms with van der Waals surface area (Å²) in [7, 11) is 1.34. The normalized spacial score (nSPS) is 15.6. The molecule has 24 heavy (non-hydrogen) atoms. The van der Waals surface area contributed by atoms with Gasteiger partial charge in [-0.05, 0) is 23.6 Å². The Balaban J connectivity index is 1.97. The highest BCUT2D eigenvalue weighted by atomic mass is 16.5. The van der Waals surface area contributed by atoms with Gasteiger partial charge in [-0.3, -0.25) is 14.4 Å². The summed E-state index contributed by atoms with van der Waals surface area (Å²) in [6, 6.07) is 7.41. The number of rotatable bonds is 6. The Morgan fingerprint density at radius 3 is 2.71 bits per heavy atom. The van der Waals surface area contributed by atoms with Gasteiger partial charge < -0.3 is 15.0 Å². The highest BCUT2D eigenvalue weighted by Crippen LogP contribution is 2.32. The summed E-state index contributed by atoms with van der Waals surface area (Å²) in [5, 5.41) is 2.79. The molecule has 0 bridgehead atoms. The molecule has 0 saturated heterocycles. The molecular formula is C18H22N2O4. The van der Waals surface area contributed by atoms with Crippen LogP contribution < -0.4 is 5.32 Å². The molecule has 0 saturated carbocycles. The first kappa shape index (κ1) is 17.7. The van der Waals surface area contributed by atoms with Crippen LogP contribution in [0.4, 0.5) is 0 Å². The number of hydrogen-bond acceptors (Lipinski definition) is 4. The maximum absolute atomic E-state index is 12.2. The van der Waals surface area contributed by atoms with Crippen molar-refractivity contribution in [2.24, 2.45) is 0 Å². The van der Waals surface area contributed by atoms with E-state index in [1.165, 1.54) is 14.0 Å². The van der Waals surface area contributed by atoms with Crippen LogP contribution >= 0.6 is 0 Å². The molecule has 128 valence electrons. The lowest BCUT2D eigenvalue weighted by atomic mass is 9.93. The summed E-state index contributed by atoms with van der Waals surface area (Å²) >= 11 is 0. The second-order valence-corrected chi connectivity index (χ2v) is 5.62. The average Bonchev–Trinajstić information content (AvgIpc) is 2.58. The van der Waals surface area contributed by atoms with Crippen LogP contribution in [0.2, 0.25) is 0 Å². The van der Waals surface area contributed by atoms with Crippen molar-refractivity contribution in [2.45, 2.75) is 32.2 Å². The minimum Gasteiger partial charge on any atom is -0.469 e. The van der Waals surface area contributed by atoms with E-state index in [1.807, 2.05) is 30.3 Å². The van der Waals surface area contributed by atoms with Gasteiger partial charge >= 0.3 is 5.97 Å². The number of methoxy groups -OCH3 is 1. The van der Waals surface area contributed by atoms with Gasteiger partial charge in [0.1, 0.15) is 0 Å². The molecule has 1 aromatic carbocycles. The van der Waals surface area contributed by atoms with Gasteiger partial charge in [-0.25, -0.2) is 0 Å². The molecule has 1 heterocycles. The summed E-state index contributed by atoms with van der Waals surface area (Å²) < 4.78 is 4.55. The maximum atomic E-state index is 12.2. The van der Waals surface area contributed by atoms with E-state index in [0.717, 1.165) is 11.1 Å². The number of ether oxygens (including phenoxy) is 1. The van der Waals surface area contributed by atoms with Gasteiger partial charge in [-0.15, -0.1) is 0 Å². The Labute approximate surface area is 141 Å². The van der Waals surface area contributed by atoms with Gasteiger partial charge in [-0.2, -0.15) is 0 Å². The molecule has 0 radical (unpaired) electrons. The second kappa shape index (κ2) is 8.29. The predicted molar refractivity (Wildman–Crippen MR) is 89.6 cm³/mol. The first-order valence-electron chi connectivity index (χ1n) is 7.92. The topological polar surface area (TPSA) is 75.7 Å². The van der Waals surface area contributed by atoms with Crippen LogP contribution in [0.5, 0.6) is 0 Å². The van der Waals surface area contributed by atoms with Crippen molar-refractivity contribution in [3.63, 3.8) is 0 Å². The minimum atomic E-state index is -0.315. The van der Waals surface area contributed by atoms with Gasteiger partial charge in [-0.1, -0.05) is 24.3 Å². The lowest BCUT2D eigenvalue weighted by molar-refractivity contribution is -0.141. The average molecular weight is 330 g/mol. The number of amides is 2. The molecule has 1 unspecified atom stereocenters. The molecular weight excluding hydrogens is 308 g/mol. The summed E-state index contributed by atoms with van der Waals surface area (Å²) in [6.07, 6.45) is 4.57. The molecule has 2 amide bonds. The standard InChI is InChI=1S/C18H22N2O4/c1-13(21)20-11-9-14-6-3-4-7-15(14)16(20)12-17(22)19-10-5-8-18(23)24-2/h3-4,6-7,9,11,16H,5,8,10,12H2,1-2H3,(H,19,22). The van der Waals surface area contributed by atoms with E-state index in [4.69, 9.17) is 0 Å². The second-order valence-electron chi connectivity index (χ2n) is 5.62. The largest absolute Gasteiger partial charge is 0.469 e. The molecule has 0 fully saturated rings. The number of esters is 1. The maximum Gasteiger partial charge on any atom is 0.305 e. The molecule has 0 aliphatic carbocycles. The van der Waals surface area contributed by atoms with E-state index >= 15 is 0 Å². The first-order valence-corrected chi connectivity index (χ1v) is 7.92. The van der Waals surface area contributed by atoms with Crippen molar-refractivity contribution in [1.29, 1.82) is 0 Å². The van der Waals surface area contributed by atoms with E-state index in [0.29, 0.717) is 13.0 Å². The highest BCUT2D eigenvalue weighted by Gasteiger charge is 2.27. The smallest absolute Gasteiger partial charge is 0.305 e. The van der Waals surface area contributed by atoms with Crippen LogP contribution in [0.25, 0.3) is 6.08 Å². The van der Waals surface area contributed by atoms with Crippen molar-refractivity contribution < 1.29 is 19.1 Å². The third-order valence-corrected chi connectivity index (χ3v) is 3.96. The molecule has 1 atom stereocenters. The van der Waals surface area contributed by atoms with Crippen molar-refractivity contribution in [3.05, 3.63) is 41.6 Å². The fourth-order valence-corrected chi connectivity index (χ4v) is 2.72. The van der Waals surface area contributed by atoms with Crippen molar-refractivity contribution in [1.82, 2.24) is 10.2 Å². The van der Waals surface area contributed by atoms with Gasteiger partial charge in [0.15, 0.2) is 0 Å². The van der Waals surface area contributed by atoms with Gasteiger partial charge in [0.05, 0.1) is 19.6 Å². The Hall–Kier alpha value is -2.63. The number of hydrogen-bond donors (Lipinski definition) is 1. The zero-order valence-corrected chi connectivity index (χ0v) is 14.0. The van der Waals surface area contributed by atoms with Crippen LogP contribution in [0.1, 0.15) is 43.4 Å². The molecule has 1 aromatic rings. The van der Waals surface area contributed by atoms with Crippen LogP contribution in [-0.2, 0) is 19.1 Å². The van der Waals surface area contributed by atoms with E-state index in [1.54, 1.807) is 11.1 Å². The van der Waals surface area contributed by atoms with E-state index in [2.05, 4.69) is 10.1 Å². The molecule has 1 N–H and O–H groups in total. The highest BCUT2D eigenvalue weighted by molar-refractivity contribution is 5.81. The Morgan fingerprint density at radius 2 is 2.00 bits per heavy atom. The monoisotopic (exact) mass is 330 g/mol. The molecule has 2 rings (SSSR count). The van der Waals surface area contributed by atoms with Crippen LogP contribution in [-0.4, -0.2) is 36.3 Å². The van der Waals surface area contributed by atoms with Gasteiger partial charge in [0, 0.05) is 26.1 Å². The summed E-state index contributed by atoms with van der Waals surface area (Å²) in [6.45, 7) is 1.89. The molecule has 0 spiro atoms. The fourth-order valence-electron chi connectivity index (χ4n) is 2.72. The molecule has 1 aliphatic rings. The number of fused-ring (bicyclic) bond motifs is 1. The molecule has 6 heteroatoms. The fraction of sp³-hybridized carbons (Fsp3) is 0.389. The van der Waals surface area contributed by atoms with Crippen LogP contribution in [0.3, 0.4) is 0 Å². The van der Waals surface area contributed by atoms with Crippen molar-refractivity contribution >= 4 is 23.9 Å². The Kier molecular flexibility index (Phi) is 6.12. The zero-order chi connectivity index (χ0) is 17.5. The third kappa shape index (κ3) is 4.44. The molecule has 1 aliphatic heterocycles. The minimum absolute atomic E-state index is 0.107. The summed E-state index contributed by atoms with van der Waals surface area (Å²) in [5.41, 5.74) is 1.97. The molecule has 6 nitrogen and oxygen atoms in total. The number of carbonyl (C=O) groups excluding carboxylic acids is 3. The van der Waals surface area contributed by atoms with Crippen LogP contribution in [0, 0.1) is 0 Å². The quantitative estimate of drug-likeness (QED) is 0.639. The summed E-state index contributed by atoms with van der Waals surface area (Å²) in [5.74, 6) is -0.552. The van der Waals surface area contributed by atoms with Crippen molar-refractivity contribution in [3.8, 4) is 0 Å². The van der Waals surface area contributed by atoms with Crippen LogP contribution in [0.15, 0.2) is 30.5 Å². The Morgan fingerprint density at radius 1 is 1.25 bits per heavy atom. The van der Waals surface area contributed by atoms with Gasteiger partial charge in [0.2, 0.25) is 11.8 Å². The summed E-state index contributed by atoms with van der Waals surface area (Å²) in [4.78, 5) is 36.7. The van der Waals surface area contributed by atoms with Gasteiger partial charge in [0.25, 0.3) is 0 Å². The number of nitrogens with one attached hydrogen (secondary N) is 1. The zero-order valence-electron chi connectivity index (χ0n) is 14.0. The van der Waals surface area contributed by atoms with Crippen molar-refractivity contribution in [2.75, 3.05) is 13.7 Å². The Bertz CT molecular complexity index is 654. The number of carbonyl (C=O) groups is 3. The number of nitrogens with zero attached hydrogens (tertiary/aromatic N) is 1. The third-order valence-electron chi connectivity index (χ3n) is 3.96.